The lowest BCUT2D eigenvalue weighted by atomic mass is 9.90. The number of aliphatic hydroxyl groups is 1. The van der Waals surface area contributed by atoms with Crippen molar-refractivity contribution in [1.82, 2.24) is 0 Å². The van der Waals surface area contributed by atoms with Gasteiger partial charge in [0.2, 0.25) is 0 Å². The van der Waals surface area contributed by atoms with Crippen molar-refractivity contribution in [2.24, 2.45) is 5.41 Å². The quantitative estimate of drug-likeness (QED) is 0.848. The Morgan fingerprint density at radius 1 is 1.38 bits per heavy atom. The molecular weight excluding hydrogens is 204 g/mol. The van der Waals surface area contributed by atoms with Gasteiger partial charge in [-0.1, -0.05) is 19.1 Å². The summed E-state index contributed by atoms with van der Waals surface area (Å²) in [6.45, 7) is 6.14. The predicted molar refractivity (Wildman–Crippen MR) is 61.5 cm³/mol. The van der Waals surface area contributed by atoms with Crippen LogP contribution in [0, 0.1) is 5.41 Å². The second-order valence-electron chi connectivity index (χ2n) is 4.84. The molecule has 0 amide bonds. The molecule has 0 radical (unpaired) electrons. The van der Waals surface area contributed by atoms with Crippen LogP contribution in [0.5, 0.6) is 5.75 Å². The van der Waals surface area contributed by atoms with Gasteiger partial charge < -0.3 is 14.6 Å². The molecule has 16 heavy (non-hydrogen) atoms. The highest BCUT2D eigenvalue weighted by Gasteiger charge is 2.34. The van der Waals surface area contributed by atoms with E-state index in [1.165, 1.54) is 0 Å². The molecule has 1 N–H and O–H groups in total. The molecule has 1 atom stereocenters. The number of benzene rings is 1. The summed E-state index contributed by atoms with van der Waals surface area (Å²) in [5.41, 5.74) is 1.08. The van der Waals surface area contributed by atoms with E-state index in [1.807, 2.05) is 24.3 Å². The second kappa shape index (κ2) is 4.44. The highest BCUT2D eigenvalue weighted by molar-refractivity contribution is 5.28. The maximum Gasteiger partial charge on any atom is 0.119 e. The molecule has 0 aromatic heterocycles. The van der Waals surface area contributed by atoms with Crippen LogP contribution in [-0.4, -0.2) is 24.9 Å². The van der Waals surface area contributed by atoms with Gasteiger partial charge in [0, 0.05) is 5.41 Å². The summed E-state index contributed by atoms with van der Waals surface area (Å²) in [4.78, 5) is 0. The zero-order valence-electron chi connectivity index (χ0n) is 9.77. The van der Waals surface area contributed by atoms with Crippen molar-refractivity contribution < 1.29 is 14.6 Å². The fourth-order valence-electron chi connectivity index (χ4n) is 1.63. The van der Waals surface area contributed by atoms with Gasteiger partial charge in [-0.25, -0.2) is 0 Å². The van der Waals surface area contributed by atoms with Crippen LogP contribution in [0.2, 0.25) is 0 Å². The normalized spacial score (nSPS) is 19.9. The Morgan fingerprint density at radius 2 is 2.00 bits per heavy atom. The first kappa shape index (κ1) is 11.4. The molecule has 0 spiro atoms. The number of ether oxygens (including phenoxy) is 2. The largest absolute Gasteiger partial charge is 0.493 e. The van der Waals surface area contributed by atoms with Crippen molar-refractivity contribution in [2.75, 3.05) is 19.8 Å². The maximum absolute atomic E-state index is 9.36. The lowest BCUT2D eigenvalue weighted by molar-refractivity contribution is -0.120. The summed E-state index contributed by atoms with van der Waals surface area (Å²) >= 11 is 0. The first-order chi connectivity index (χ1) is 7.59. The Bertz CT molecular complexity index is 339. The van der Waals surface area contributed by atoms with Crippen molar-refractivity contribution in [1.29, 1.82) is 0 Å². The molecule has 2 rings (SSSR count). The van der Waals surface area contributed by atoms with Gasteiger partial charge in [0.25, 0.3) is 0 Å². The summed E-state index contributed by atoms with van der Waals surface area (Å²) < 4.78 is 10.8. The molecule has 1 fully saturated rings. The van der Waals surface area contributed by atoms with Gasteiger partial charge in [-0.2, -0.15) is 0 Å². The first-order valence-electron chi connectivity index (χ1n) is 5.58. The average Bonchev–Trinajstić information content (AvgIpc) is 2.24. The predicted octanol–water partition coefficient (Wildman–Crippen LogP) is 2.16. The summed E-state index contributed by atoms with van der Waals surface area (Å²) in [6.07, 6.45) is -0.424. The fourth-order valence-corrected chi connectivity index (χ4v) is 1.63. The van der Waals surface area contributed by atoms with Crippen molar-refractivity contribution >= 4 is 0 Å². The Labute approximate surface area is 96.0 Å². The van der Waals surface area contributed by atoms with Gasteiger partial charge in [-0.3, -0.25) is 0 Å². The summed E-state index contributed by atoms with van der Waals surface area (Å²) in [6, 6.07) is 7.56. The van der Waals surface area contributed by atoms with Crippen LogP contribution in [0.15, 0.2) is 24.3 Å². The smallest absolute Gasteiger partial charge is 0.119 e. The third-order valence-corrected chi connectivity index (χ3v) is 2.85. The van der Waals surface area contributed by atoms with Crippen LogP contribution in [-0.2, 0) is 4.74 Å². The molecule has 3 nitrogen and oxygen atoms in total. The minimum absolute atomic E-state index is 0.170. The number of hydrogen-bond donors (Lipinski definition) is 1. The van der Waals surface area contributed by atoms with Gasteiger partial charge in [0.05, 0.1) is 25.9 Å². The molecule has 1 aromatic rings. The first-order valence-corrected chi connectivity index (χ1v) is 5.58. The Morgan fingerprint density at radius 3 is 2.44 bits per heavy atom. The van der Waals surface area contributed by atoms with E-state index in [1.54, 1.807) is 6.92 Å². The Hall–Kier alpha value is -1.06. The summed E-state index contributed by atoms with van der Waals surface area (Å²) in [7, 11) is 0. The third-order valence-electron chi connectivity index (χ3n) is 2.85. The molecule has 1 aliphatic rings. The van der Waals surface area contributed by atoms with Crippen LogP contribution in [0.3, 0.4) is 0 Å². The van der Waals surface area contributed by atoms with Gasteiger partial charge in [0.1, 0.15) is 5.75 Å². The highest BCUT2D eigenvalue weighted by Crippen LogP contribution is 2.27. The summed E-state index contributed by atoms with van der Waals surface area (Å²) in [5.74, 6) is 0.845. The standard InChI is InChI=1S/C13H18O3/c1-10(14)11-3-5-12(6-4-11)16-9-13(2)7-15-8-13/h3-6,10,14H,7-9H2,1-2H3. The van der Waals surface area contributed by atoms with Gasteiger partial charge in [-0.05, 0) is 24.6 Å². The lowest BCUT2D eigenvalue weighted by Crippen LogP contribution is -2.44. The maximum atomic E-state index is 9.36. The number of hydrogen-bond acceptors (Lipinski definition) is 3. The van der Waals surface area contributed by atoms with Crippen LogP contribution in [0.4, 0.5) is 0 Å². The van der Waals surface area contributed by atoms with Crippen LogP contribution >= 0.6 is 0 Å². The van der Waals surface area contributed by atoms with Gasteiger partial charge in [-0.15, -0.1) is 0 Å². The topological polar surface area (TPSA) is 38.7 Å². The van der Waals surface area contributed by atoms with E-state index >= 15 is 0 Å². The summed E-state index contributed by atoms with van der Waals surface area (Å²) in [5, 5.41) is 9.36. The molecule has 1 heterocycles. The van der Waals surface area contributed by atoms with Crippen molar-refractivity contribution in [3.63, 3.8) is 0 Å². The van der Waals surface area contributed by atoms with E-state index in [9.17, 15) is 5.11 Å². The zero-order valence-corrected chi connectivity index (χ0v) is 9.77. The number of aliphatic hydroxyl groups excluding tert-OH is 1. The van der Waals surface area contributed by atoms with E-state index in [2.05, 4.69) is 6.92 Å². The SMILES string of the molecule is CC(O)c1ccc(OCC2(C)COC2)cc1. The molecule has 0 bridgehead atoms. The monoisotopic (exact) mass is 222 g/mol. The number of rotatable bonds is 4. The fraction of sp³-hybridized carbons (Fsp3) is 0.538. The highest BCUT2D eigenvalue weighted by atomic mass is 16.5. The van der Waals surface area contributed by atoms with Gasteiger partial charge in [0.15, 0.2) is 0 Å². The van der Waals surface area contributed by atoms with E-state index in [-0.39, 0.29) is 5.41 Å². The van der Waals surface area contributed by atoms with Gasteiger partial charge >= 0.3 is 0 Å². The molecule has 1 aromatic carbocycles. The molecule has 3 heteroatoms. The Balaban J connectivity index is 1.90. The van der Waals surface area contributed by atoms with E-state index in [0.29, 0.717) is 6.61 Å². The Kier molecular flexibility index (Phi) is 3.17. The van der Waals surface area contributed by atoms with Crippen molar-refractivity contribution in [3.05, 3.63) is 29.8 Å². The average molecular weight is 222 g/mol. The molecule has 1 unspecified atom stereocenters. The minimum Gasteiger partial charge on any atom is -0.493 e. The molecule has 0 aliphatic carbocycles. The molecule has 1 saturated heterocycles. The van der Waals surface area contributed by atoms with Crippen LogP contribution in [0.25, 0.3) is 0 Å². The van der Waals surface area contributed by atoms with Crippen molar-refractivity contribution in [2.45, 2.75) is 20.0 Å². The molecular formula is C13H18O3. The minimum atomic E-state index is -0.424. The zero-order chi connectivity index (χ0) is 11.6. The lowest BCUT2D eigenvalue weighted by Gasteiger charge is -2.37. The van der Waals surface area contributed by atoms with E-state index in [0.717, 1.165) is 24.5 Å². The van der Waals surface area contributed by atoms with Crippen LogP contribution in [0.1, 0.15) is 25.5 Å². The van der Waals surface area contributed by atoms with Crippen molar-refractivity contribution in [3.8, 4) is 5.75 Å². The molecule has 0 saturated carbocycles. The van der Waals surface area contributed by atoms with E-state index < -0.39 is 6.10 Å². The molecule has 88 valence electrons. The van der Waals surface area contributed by atoms with Crippen LogP contribution < -0.4 is 4.74 Å². The third kappa shape index (κ3) is 2.54. The van der Waals surface area contributed by atoms with E-state index in [4.69, 9.17) is 9.47 Å². The second-order valence-corrected chi connectivity index (χ2v) is 4.84. The molecule has 1 aliphatic heterocycles.